The van der Waals surface area contributed by atoms with Crippen LogP contribution in [-0.2, 0) is 9.59 Å². The van der Waals surface area contributed by atoms with Crippen LogP contribution in [0, 0.1) is 5.92 Å². The SMILES string of the molecule is CC(C)C(=O)Nc1ccc(NC(=O)C(C)Oc2ccc(Cl)cc2)cc1. The summed E-state index contributed by atoms with van der Waals surface area (Å²) >= 11 is 5.82. The largest absolute Gasteiger partial charge is 0.481 e. The number of carbonyl (C=O) groups excluding carboxylic acids is 2. The van der Waals surface area contributed by atoms with Gasteiger partial charge in [0.25, 0.3) is 5.91 Å². The van der Waals surface area contributed by atoms with Gasteiger partial charge in [0.15, 0.2) is 6.10 Å². The molecule has 0 bridgehead atoms. The number of hydrogen-bond donors (Lipinski definition) is 2. The van der Waals surface area contributed by atoms with Crippen molar-refractivity contribution in [3.05, 3.63) is 53.6 Å². The molecular weight excluding hydrogens is 340 g/mol. The van der Waals surface area contributed by atoms with Crippen LogP contribution in [0.5, 0.6) is 5.75 Å². The van der Waals surface area contributed by atoms with Gasteiger partial charge in [-0.1, -0.05) is 25.4 Å². The number of nitrogens with one attached hydrogen (secondary N) is 2. The van der Waals surface area contributed by atoms with Crippen LogP contribution >= 0.6 is 11.6 Å². The summed E-state index contributed by atoms with van der Waals surface area (Å²) in [4.78, 5) is 23.9. The van der Waals surface area contributed by atoms with E-state index in [0.717, 1.165) is 0 Å². The van der Waals surface area contributed by atoms with E-state index in [9.17, 15) is 9.59 Å². The van der Waals surface area contributed by atoms with Crippen molar-refractivity contribution >= 4 is 34.8 Å². The molecule has 0 fully saturated rings. The summed E-state index contributed by atoms with van der Waals surface area (Å²) < 4.78 is 5.58. The molecule has 0 radical (unpaired) electrons. The first kappa shape index (κ1) is 18.8. The fourth-order valence-corrected chi connectivity index (χ4v) is 2.06. The Hall–Kier alpha value is -2.53. The number of anilines is 2. The Bertz CT molecular complexity index is 727. The van der Waals surface area contributed by atoms with E-state index < -0.39 is 6.10 Å². The van der Waals surface area contributed by atoms with Crippen molar-refractivity contribution in [1.82, 2.24) is 0 Å². The molecule has 0 aromatic heterocycles. The van der Waals surface area contributed by atoms with Gasteiger partial charge in [-0.15, -0.1) is 0 Å². The second-order valence-electron chi connectivity index (χ2n) is 5.92. The monoisotopic (exact) mass is 360 g/mol. The Morgan fingerprint density at radius 2 is 1.32 bits per heavy atom. The van der Waals surface area contributed by atoms with Gasteiger partial charge in [-0.2, -0.15) is 0 Å². The Labute approximate surface area is 152 Å². The van der Waals surface area contributed by atoms with Gasteiger partial charge in [0.2, 0.25) is 5.91 Å². The number of benzene rings is 2. The van der Waals surface area contributed by atoms with E-state index in [1.54, 1.807) is 55.5 Å². The highest BCUT2D eigenvalue weighted by Crippen LogP contribution is 2.18. The molecule has 0 saturated heterocycles. The topological polar surface area (TPSA) is 67.4 Å². The summed E-state index contributed by atoms with van der Waals surface area (Å²) in [5.41, 5.74) is 1.31. The van der Waals surface area contributed by atoms with E-state index in [0.29, 0.717) is 22.1 Å². The average Bonchev–Trinajstić information content (AvgIpc) is 2.58. The van der Waals surface area contributed by atoms with Crippen LogP contribution < -0.4 is 15.4 Å². The van der Waals surface area contributed by atoms with Crippen molar-refractivity contribution in [2.45, 2.75) is 26.9 Å². The quantitative estimate of drug-likeness (QED) is 0.805. The maximum atomic E-state index is 12.2. The van der Waals surface area contributed by atoms with E-state index in [1.165, 1.54) is 0 Å². The average molecular weight is 361 g/mol. The molecule has 132 valence electrons. The highest BCUT2D eigenvalue weighted by Gasteiger charge is 2.15. The molecule has 25 heavy (non-hydrogen) atoms. The molecule has 6 heteroatoms. The standard InChI is InChI=1S/C19H21ClN2O3/c1-12(2)18(23)21-15-6-8-16(9-7-15)22-19(24)13(3)25-17-10-4-14(20)5-11-17/h4-13H,1-3H3,(H,21,23)(H,22,24). The van der Waals surface area contributed by atoms with Gasteiger partial charge in [-0.05, 0) is 55.5 Å². The summed E-state index contributed by atoms with van der Waals surface area (Å²) in [6.07, 6.45) is -0.665. The van der Waals surface area contributed by atoms with Crippen molar-refractivity contribution in [2.75, 3.05) is 10.6 Å². The van der Waals surface area contributed by atoms with Crippen molar-refractivity contribution in [3.8, 4) is 5.75 Å². The highest BCUT2D eigenvalue weighted by molar-refractivity contribution is 6.30. The minimum atomic E-state index is -0.665. The molecule has 0 saturated carbocycles. The van der Waals surface area contributed by atoms with Gasteiger partial charge in [-0.25, -0.2) is 0 Å². The van der Waals surface area contributed by atoms with Crippen LogP contribution in [0.3, 0.4) is 0 Å². The Morgan fingerprint density at radius 1 is 0.840 bits per heavy atom. The molecule has 2 aromatic carbocycles. The molecule has 2 rings (SSSR count). The lowest BCUT2D eigenvalue weighted by atomic mass is 10.2. The highest BCUT2D eigenvalue weighted by atomic mass is 35.5. The van der Waals surface area contributed by atoms with Gasteiger partial charge in [0, 0.05) is 22.3 Å². The van der Waals surface area contributed by atoms with Crippen LogP contribution in [-0.4, -0.2) is 17.9 Å². The first-order chi connectivity index (χ1) is 11.8. The fourth-order valence-electron chi connectivity index (χ4n) is 1.94. The third-order valence-corrected chi connectivity index (χ3v) is 3.69. The predicted octanol–water partition coefficient (Wildman–Crippen LogP) is 4.34. The molecule has 0 aliphatic heterocycles. The first-order valence-electron chi connectivity index (χ1n) is 7.99. The number of hydrogen-bond acceptors (Lipinski definition) is 3. The molecular formula is C19H21ClN2O3. The summed E-state index contributed by atoms with van der Waals surface area (Å²) in [6.45, 7) is 5.32. The lowest BCUT2D eigenvalue weighted by Crippen LogP contribution is -2.30. The predicted molar refractivity (Wildman–Crippen MR) is 100 cm³/mol. The normalized spacial score (nSPS) is 11.7. The van der Waals surface area contributed by atoms with Crippen LogP contribution in [0.1, 0.15) is 20.8 Å². The van der Waals surface area contributed by atoms with E-state index in [1.807, 2.05) is 13.8 Å². The van der Waals surface area contributed by atoms with Crippen LogP contribution in [0.25, 0.3) is 0 Å². The van der Waals surface area contributed by atoms with Crippen molar-refractivity contribution in [1.29, 1.82) is 0 Å². The maximum Gasteiger partial charge on any atom is 0.265 e. The zero-order valence-corrected chi connectivity index (χ0v) is 15.1. The lowest BCUT2D eigenvalue weighted by Gasteiger charge is -2.15. The van der Waals surface area contributed by atoms with E-state index in [4.69, 9.17) is 16.3 Å². The fraction of sp³-hybridized carbons (Fsp3) is 0.263. The maximum absolute atomic E-state index is 12.2. The molecule has 0 aliphatic rings. The van der Waals surface area contributed by atoms with Crippen LogP contribution in [0.15, 0.2) is 48.5 Å². The molecule has 2 N–H and O–H groups in total. The minimum absolute atomic E-state index is 0.0539. The molecule has 2 amide bonds. The Kier molecular flexibility index (Phi) is 6.42. The third-order valence-electron chi connectivity index (χ3n) is 3.44. The number of rotatable bonds is 6. The molecule has 1 atom stereocenters. The van der Waals surface area contributed by atoms with Gasteiger partial charge in [-0.3, -0.25) is 9.59 Å². The van der Waals surface area contributed by atoms with Gasteiger partial charge >= 0.3 is 0 Å². The molecule has 1 unspecified atom stereocenters. The van der Waals surface area contributed by atoms with Crippen molar-refractivity contribution in [2.24, 2.45) is 5.92 Å². The second-order valence-corrected chi connectivity index (χ2v) is 6.36. The smallest absolute Gasteiger partial charge is 0.265 e. The number of halogens is 1. The zero-order valence-electron chi connectivity index (χ0n) is 14.4. The summed E-state index contributed by atoms with van der Waals surface area (Å²) in [5.74, 6) is 0.153. The van der Waals surface area contributed by atoms with Gasteiger partial charge < -0.3 is 15.4 Å². The zero-order chi connectivity index (χ0) is 18.4. The molecule has 0 spiro atoms. The Balaban J connectivity index is 1.91. The van der Waals surface area contributed by atoms with Crippen molar-refractivity contribution < 1.29 is 14.3 Å². The van der Waals surface area contributed by atoms with Crippen LogP contribution in [0.2, 0.25) is 5.02 Å². The van der Waals surface area contributed by atoms with E-state index in [-0.39, 0.29) is 17.7 Å². The van der Waals surface area contributed by atoms with Crippen LogP contribution in [0.4, 0.5) is 11.4 Å². The van der Waals surface area contributed by atoms with Crippen molar-refractivity contribution in [3.63, 3.8) is 0 Å². The molecule has 0 heterocycles. The number of carbonyl (C=O) groups is 2. The molecule has 0 aliphatic carbocycles. The minimum Gasteiger partial charge on any atom is -0.481 e. The van der Waals surface area contributed by atoms with Gasteiger partial charge in [0.1, 0.15) is 5.75 Å². The van der Waals surface area contributed by atoms with E-state index >= 15 is 0 Å². The molecule has 2 aromatic rings. The number of amides is 2. The third kappa shape index (κ3) is 5.80. The lowest BCUT2D eigenvalue weighted by molar-refractivity contribution is -0.122. The van der Waals surface area contributed by atoms with E-state index in [2.05, 4.69) is 10.6 Å². The first-order valence-corrected chi connectivity index (χ1v) is 8.37. The summed E-state index contributed by atoms with van der Waals surface area (Å²) in [7, 11) is 0. The summed E-state index contributed by atoms with van der Waals surface area (Å²) in [6, 6.07) is 13.7. The number of ether oxygens (including phenoxy) is 1. The summed E-state index contributed by atoms with van der Waals surface area (Å²) in [5, 5.41) is 6.17. The molecule has 5 nitrogen and oxygen atoms in total. The Morgan fingerprint density at radius 3 is 1.80 bits per heavy atom. The second kappa shape index (κ2) is 8.53. The van der Waals surface area contributed by atoms with Gasteiger partial charge in [0.05, 0.1) is 0 Å².